The molecule has 0 amide bonds. The maximum atomic E-state index is 12.2. The van der Waals surface area contributed by atoms with Gasteiger partial charge in [-0.2, -0.15) is 0 Å². The van der Waals surface area contributed by atoms with Gasteiger partial charge < -0.3 is 19.7 Å². The molecule has 0 heterocycles. The van der Waals surface area contributed by atoms with Gasteiger partial charge in [0.05, 0.1) is 22.3 Å². The predicted octanol–water partition coefficient (Wildman–Crippen LogP) is 3.52. The standard InChI is InChI=1S/C22H14O8/c23-19(24)13-5-9-17(10-6-13)29-21(27)15-1-2-16(4-3-15)22(28)30-18-11-7-14(8-12-18)20(25)26/h1-12H,(H,23,24)(H,25,26). The van der Waals surface area contributed by atoms with Crippen LogP contribution in [0.25, 0.3) is 0 Å². The molecule has 3 rings (SSSR count). The van der Waals surface area contributed by atoms with Crippen molar-refractivity contribution in [2.75, 3.05) is 0 Å². The monoisotopic (exact) mass is 406 g/mol. The van der Waals surface area contributed by atoms with E-state index in [1.165, 1.54) is 72.8 Å². The van der Waals surface area contributed by atoms with Crippen molar-refractivity contribution in [2.24, 2.45) is 0 Å². The molecule has 0 aliphatic carbocycles. The van der Waals surface area contributed by atoms with Crippen LogP contribution in [-0.4, -0.2) is 34.1 Å². The van der Waals surface area contributed by atoms with Crippen LogP contribution in [0.4, 0.5) is 0 Å². The van der Waals surface area contributed by atoms with E-state index in [-0.39, 0.29) is 33.8 Å². The Morgan fingerprint density at radius 1 is 0.467 bits per heavy atom. The van der Waals surface area contributed by atoms with E-state index in [0.717, 1.165) is 0 Å². The van der Waals surface area contributed by atoms with Gasteiger partial charge in [-0.15, -0.1) is 0 Å². The van der Waals surface area contributed by atoms with Crippen molar-refractivity contribution in [3.05, 3.63) is 95.1 Å². The van der Waals surface area contributed by atoms with Crippen molar-refractivity contribution in [3.63, 3.8) is 0 Å². The molecule has 0 atom stereocenters. The second-order valence-electron chi connectivity index (χ2n) is 6.02. The molecule has 0 aliphatic rings. The van der Waals surface area contributed by atoms with Crippen LogP contribution in [0, 0.1) is 0 Å². The lowest BCUT2D eigenvalue weighted by Gasteiger charge is -2.07. The molecule has 0 spiro atoms. The summed E-state index contributed by atoms with van der Waals surface area (Å²) in [5, 5.41) is 17.7. The maximum absolute atomic E-state index is 12.2. The first-order valence-corrected chi connectivity index (χ1v) is 8.54. The first-order chi connectivity index (χ1) is 14.3. The number of ether oxygens (including phenoxy) is 2. The molecule has 150 valence electrons. The molecule has 3 aromatic carbocycles. The van der Waals surface area contributed by atoms with E-state index in [0.29, 0.717) is 0 Å². The summed E-state index contributed by atoms with van der Waals surface area (Å²) in [6, 6.07) is 16.3. The van der Waals surface area contributed by atoms with Gasteiger partial charge in [-0.25, -0.2) is 19.2 Å². The van der Waals surface area contributed by atoms with Gasteiger partial charge >= 0.3 is 23.9 Å². The Kier molecular flexibility index (Phi) is 5.88. The van der Waals surface area contributed by atoms with E-state index in [1.807, 2.05) is 0 Å². The highest BCUT2D eigenvalue weighted by Gasteiger charge is 2.13. The third-order valence-electron chi connectivity index (χ3n) is 3.98. The lowest BCUT2D eigenvalue weighted by molar-refractivity contribution is 0.0685. The molecule has 2 N–H and O–H groups in total. The van der Waals surface area contributed by atoms with Gasteiger partial charge in [0.2, 0.25) is 0 Å². The molecular weight excluding hydrogens is 392 g/mol. The van der Waals surface area contributed by atoms with Gasteiger partial charge in [0.15, 0.2) is 0 Å². The fourth-order valence-electron chi connectivity index (χ4n) is 2.41. The number of hydrogen-bond donors (Lipinski definition) is 2. The summed E-state index contributed by atoms with van der Waals surface area (Å²) in [5.41, 5.74) is 0.491. The highest BCUT2D eigenvalue weighted by molar-refractivity contribution is 5.95. The van der Waals surface area contributed by atoms with E-state index in [4.69, 9.17) is 19.7 Å². The minimum absolute atomic E-state index is 0.0651. The summed E-state index contributed by atoms with van der Waals surface area (Å²) < 4.78 is 10.3. The van der Waals surface area contributed by atoms with Gasteiger partial charge in [-0.1, -0.05) is 0 Å². The zero-order valence-electron chi connectivity index (χ0n) is 15.3. The molecule has 0 aromatic heterocycles. The Balaban J connectivity index is 1.63. The predicted molar refractivity (Wildman–Crippen MR) is 103 cm³/mol. The minimum Gasteiger partial charge on any atom is -0.478 e. The Labute approximate surface area is 169 Å². The summed E-state index contributed by atoms with van der Waals surface area (Å²) in [6.07, 6.45) is 0. The normalized spacial score (nSPS) is 10.1. The molecule has 0 unspecified atom stereocenters. The summed E-state index contributed by atoms with van der Waals surface area (Å²) in [5.74, 6) is -3.18. The Morgan fingerprint density at radius 3 is 1.00 bits per heavy atom. The average Bonchev–Trinajstić information content (AvgIpc) is 2.74. The Hall–Kier alpha value is -4.46. The van der Waals surface area contributed by atoms with Gasteiger partial charge in [0.1, 0.15) is 11.5 Å². The lowest BCUT2D eigenvalue weighted by Crippen LogP contribution is -2.11. The zero-order valence-corrected chi connectivity index (χ0v) is 15.3. The third kappa shape index (κ3) is 4.87. The SMILES string of the molecule is O=C(O)c1ccc(OC(=O)c2ccc(C(=O)Oc3ccc(C(=O)O)cc3)cc2)cc1. The van der Waals surface area contributed by atoms with Gasteiger partial charge in [-0.05, 0) is 72.8 Å². The first kappa shape index (κ1) is 20.3. The van der Waals surface area contributed by atoms with Crippen LogP contribution in [0.2, 0.25) is 0 Å². The number of carboxylic acids is 2. The number of esters is 2. The number of rotatable bonds is 6. The van der Waals surface area contributed by atoms with Crippen LogP contribution in [0.5, 0.6) is 11.5 Å². The second kappa shape index (κ2) is 8.70. The van der Waals surface area contributed by atoms with E-state index in [2.05, 4.69) is 0 Å². The van der Waals surface area contributed by atoms with E-state index >= 15 is 0 Å². The molecule has 0 bridgehead atoms. The Bertz CT molecular complexity index is 1010. The van der Waals surface area contributed by atoms with E-state index < -0.39 is 23.9 Å². The number of carboxylic acid groups (broad SMARTS) is 2. The van der Waals surface area contributed by atoms with Gasteiger partial charge in [0.25, 0.3) is 0 Å². The van der Waals surface area contributed by atoms with E-state index in [1.54, 1.807) is 0 Å². The lowest BCUT2D eigenvalue weighted by atomic mass is 10.1. The summed E-state index contributed by atoms with van der Waals surface area (Å²) in [4.78, 5) is 46.0. The topological polar surface area (TPSA) is 127 Å². The number of hydrogen-bond acceptors (Lipinski definition) is 6. The van der Waals surface area contributed by atoms with Crippen molar-refractivity contribution in [3.8, 4) is 11.5 Å². The van der Waals surface area contributed by atoms with Crippen LogP contribution in [0.15, 0.2) is 72.8 Å². The van der Waals surface area contributed by atoms with Crippen LogP contribution >= 0.6 is 0 Å². The van der Waals surface area contributed by atoms with Gasteiger partial charge in [0, 0.05) is 0 Å². The van der Waals surface area contributed by atoms with Crippen molar-refractivity contribution >= 4 is 23.9 Å². The van der Waals surface area contributed by atoms with Gasteiger partial charge in [-0.3, -0.25) is 0 Å². The number of benzene rings is 3. The van der Waals surface area contributed by atoms with Crippen LogP contribution in [-0.2, 0) is 0 Å². The maximum Gasteiger partial charge on any atom is 0.343 e. The smallest absolute Gasteiger partial charge is 0.343 e. The van der Waals surface area contributed by atoms with Crippen molar-refractivity contribution in [2.45, 2.75) is 0 Å². The largest absolute Gasteiger partial charge is 0.478 e. The molecule has 0 saturated heterocycles. The molecule has 8 nitrogen and oxygen atoms in total. The van der Waals surface area contributed by atoms with Crippen molar-refractivity contribution in [1.82, 2.24) is 0 Å². The van der Waals surface area contributed by atoms with Crippen molar-refractivity contribution in [1.29, 1.82) is 0 Å². The summed E-state index contributed by atoms with van der Waals surface area (Å²) in [7, 11) is 0. The van der Waals surface area contributed by atoms with E-state index in [9.17, 15) is 19.2 Å². The Morgan fingerprint density at radius 2 is 0.733 bits per heavy atom. The molecule has 8 heteroatoms. The highest BCUT2D eigenvalue weighted by Crippen LogP contribution is 2.17. The minimum atomic E-state index is -1.09. The molecule has 0 fully saturated rings. The molecule has 0 radical (unpaired) electrons. The van der Waals surface area contributed by atoms with Crippen molar-refractivity contribution < 1.29 is 38.9 Å². The third-order valence-corrected chi connectivity index (χ3v) is 3.98. The fourth-order valence-corrected chi connectivity index (χ4v) is 2.41. The molecule has 3 aromatic rings. The summed E-state index contributed by atoms with van der Waals surface area (Å²) >= 11 is 0. The quantitative estimate of drug-likeness (QED) is 0.470. The van der Waals surface area contributed by atoms with Crippen LogP contribution < -0.4 is 9.47 Å². The fraction of sp³-hybridized carbons (Fsp3) is 0. The zero-order chi connectivity index (χ0) is 21.7. The number of aromatic carboxylic acids is 2. The molecule has 30 heavy (non-hydrogen) atoms. The number of carbonyl (C=O) groups is 4. The average molecular weight is 406 g/mol. The molecule has 0 aliphatic heterocycles. The van der Waals surface area contributed by atoms with Crippen LogP contribution in [0.3, 0.4) is 0 Å². The first-order valence-electron chi connectivity index (χ1n) is 8.54. The summed E-state index contributed by atoms with van der Waals surface area (Å²) in [6.45, 7) is 0. The molecular formula is C22H14O8. The molecule has 0 saturated carbocycles. The second-order valence-corrected chi connectivity index (χ2v) is 6.02. The highest BCUT2D eigenvalue weighted by atomic mass is 16.5. The van der Waals surface area contributed by atoms with Crippen LogP contribution in [0.1, 0.15) is 41.4 Å². The number of carbonyl (C=O) groups excluding carboxylic acids is 2.